The molecule has 1 unspecified atom stereocenters. The number of aliphatic hydroxyl groups excluding tert-OH is 1. The second-order valence-electron chi connectivity index (χ2n) is 3.58. The molecule has 1 N–H and O–H groups in total. The monoisotopic (exact) mass is 216 g/mol. The van der Waals surface area contributed by atoms with Gasteiger partial charge in [0.2, 0.25) is 0 Å². The molecule has 0 amide bonds. The highest BCUT2D eigenvalue weighted by Gasteiger charge is 2.21. The lowest BCUT2D eigenvalue weighted by atomic mass is 10.1. The summed E-state index contributed by atoms with van der Waals surface area (Å²) in [6, 6.07) is 12.0. The second kappa shape index (κ2) is 4.33. The molecule has 0 saturated carbocycles. The molecular formula is C13H12O3. The van der Waals surface area contributed by atoms with E-state index in [0.29, 0.717) is 11.3 Å². The van der Waals surface area contributed by atoms with E-state index in [1.807, 2.05) is 6.07 Å². The maximum absolute atomic E-state index is 11.8. The first-order valence-corrected chi connectivity index (χ1v) is 5.02. The van der Waals surface area contributed by atoms with Crippen molar-refractivity contribution in [3.63, 3.8) is 0 Å². The molecule has 2 rings (SSSR count). The molecule has 0 bridgehead atoms. The summed E-state index contributed by atoms with van der Waals surface area (Å²) in [6.07, 6.45) is -1.23. The van der Waals surface area contributed by atoms with Gasteiger partial charge in [-0.3, -0.25) is 4.79 Å². The van der Waals surface area contributed by atoms with Gasteiger partial charge in [0.05, 0.1) is 0 Å². The van der Waals surface area contributed by atoms with Crippen LogP contribution in [0.3, 0.4) is 0 Å². The van der Waals surface area contributed by atoms with Crippen molar-refractivity contribution in [3.8, 4) is 0 Å². The van der Waals surface area contributed by atoms with Gasteiger partial charge in [0.1, 0.15) is 11.5 Å². The van der Waals surface area contributed by atoms with Gasteiger partial charge in [0.25, 0.3) is 0 Å². The summed E-state index contributed by atoms with van der Waals surface area (Å²) in [6.45, 7) is 1.77. The topological polar surface area (TPSA) is 50.4 Å². The zero-order valence-corrected chi connectivity index (χ0v) is 8.88. The number of furan rings is 1. The first-order chi connectivity index (χ1) is 7.68. The van der Waals surface area contributed by atoms with E-state index in [-0.39, 0.29) is 11.5 Å². The van der Waals surface area contributed by atoms with Crippen LogP contribution in [0.4, 0.5) is 0 Å². The van der Waals surface area contributed by atoms with Crippen molar-refractivity contribution >= 4 is 5.78 Å². The summed E-state index contributed by atoms with van der Waals surface area (Å²) in [5.41, 5.74) is 0.476. The standard InChI is InChI=1S/C13H12O3/c1-9-7-8-11(16-9)13(15)12(14)10-5-3-2-4-6-10/h2-8,13,15H,1H3. The van der Waals surface area contributed by atoms with Gasteiger partial charge >= 0.3 is 0 Å². The Labute approximate surface area is 93.3 Å². The number of carbonyl (C=O) groups is 1. The summed E-state index contributed by atoms with van der Waals surface area (Å²) in [5.74, 6) is 0.608. The number of hydrogen-bond donors (Lipinski definition) is 1. The lowest BCUT2D eigenvalue weighted by Gasteiger charge is -2.06. The number of hydrogen-bond acceptors (Lipinski definition) is 3. The molecule has 82 valence electrons. The van der Waals surface area contributed by atoms with Crippen LogP contribution in [0.25, 0.3) is 0 Å². The largest absolute Gasteiger partial charge is 0.463 e. The fraction of sp³-hybridized carbons (Fsp3) is 0.154. The molecule has 3 nitrogen and oxygen atoms in total. The molecule has 0 radical (unpaired) electrons. The number of aryl methyl sites for hydroxylation is 1. The summed E-state index contributed by atoms with van der Waals surface area (Å²) >= 11 is 0. The van der Waals surface area contributed by atoms with E-state index in [2.05, 4.69) is 0 Å². The molecule has 2 aromatic rings. The number of Topliss-reactive ketones (excluding diaryl/α,β-unsaturated/α-hetero) is 1. The maximum atomic E-state index is 11.8. The summed E-state index contributed by atoms with van der Waals surface area (Å²) in [4.78, 5) is 11.8. The Morgan fingerprint density at radius 2 is 1.88 bits per heavy atom. The lowest BCUT2D eigenvalue weighted by molar-refractivity contribution is 0.0701. The average molecular weight is 216 g/mol. The van der Waals surface area contributed by atoms with E-state index >= 15 is 0 Å². The molecular weight excluding hydrogens is 204 g/mol. The van der Waals surface area contributed by atoms with Crippen molar-refractivity contribution in [2.75, 3.05) is 0 Å². The number of rotatable bonds is 3. The van der Waals surface area contributed by atoms with Gasteiger partial charge in [-0.2, -0.15) is 0 Å². The van der Waals surface area contributed by atoms with Gasteiger partial charge in [-0.1, -0.05) is 30.3 Å². The fourth-order valence-corrected chi connectivity index (χ4v) is 1.49. The summed E-state index contributed by atoms with van der Waals surface area (Å²) in [5, 5.41) is 9.81. The minimum absolute atomic E-state index is 0.284. The highest BCUT2D eigenvalue weighted by atomic mass is 16.4. The molecule has 1 atom stereocenters. The second-order valence-corrected chi connectivity index (χ2v) is 3.58. The number of aliphatic hydroxyl groups is 1. The average Bonchev–Trinajstić information content (AvgIpc) is 2.75. The fourth-order valence-electron chi connectivity index (χ4n) is 1.49. The molecule has 0 fully saturated rings. The quantitative estimate of drug-likeness (QED) is 0.802. The van der Waals surface area contributed by atoms with E-state index in [1.165, 1.54) is 0 Å². The van der Waals surface area contributed by atoms with E-state index in [0.717, 1.165) is 0 Å². The summed E-state index contributed by atoms with van der Waals surface area (Å²) in [7, 11) is 0. The van der Waals surface area contributed by atoms with E-state index < -0.39 is 6.10 Å². The van der Waals surface area contributed by atoms with Crippen LogP contribution in [-0.4, -0.2) is 10.9 Å². The van der Waals surface area contributed by atoms with Gasteiger partial charge in [-0.15, -0.1) is 0 Å². The zero-order valence-electron chi connectivity index (χ0n) is 8.88. The van der Waals surface area contributed by atoms with Crippen LogP contribution in [0.5, 0.6) is 0 Å². The van der Waals surface area contributed by atoms with Crippen molar-refractivity contribution in [1.82, 2.24) is 0 Å². The zero-order chi connectivity index (χ0) is 11.5. The Hall–Kier alpha value is -1.87. The van der Waals surface area contributed by atoms with Crippen LogP contribution in [0.1, 0.15) is 28.0 Å². The summed E-state index contributed by atoms with van der Waals surface area (Å²) < 4.78 is 5.22. The van der Waals surface area contributed by atoms with Gasteiger partial charge < -0.3 is 9.52 Å². The van der Waals surface area contributed by atoms with Crippen LogP contribution in [0.2, 0.25) is 0 Å². The molecule has 0 saturated heterocycles. The van der Waals surface area contributed by atoms with E-state index in [1.54, 1.807) is 43.3 Å². The third-order valence-electron chi connectivity index (χ3n) is 2.34. The van der Waals surface area contributed by atoms with Gasteiger partial charge in [0, 0.05) is 5.56 Å². The van der Waals surface area contributed by atoms with Crippen molar-refractivity contribution in [1.29, 1.82) is 0 Å². The van der Waals surface area contributed by atoms with Crippen LogP contribution >= 0.6 is 0 Å². The van der Waals surface area contributed by atoms with Crippen molar-refractivity contribution < 1.29 is 14.3 Å². The Kier molecular flexibility index (Phi) is 2.88. The molecule has 1 aromatic carbocycles. The predicted molar refractivity (Wildman–Crippen MR) is 59.2 cm³/mol. The highest BCUT2D eigenvalue weighted by Crippen LogP contribution is 2.20. The van der Waals surface area contributed by atoms with Crippen LogP contribution in [-0.2, 0) is 0 Å². The highest BCUT2D eigenvalue weighted by molar-refractivity contribution is 5.99. The maximum Gasteiger partial charge on any atom is 0.199 e. The Morgan fingerprint density at radius 3 is 2.44 bits per heavy atom. The van der Waals surface area contributed by atoms with Gasteiger partial charge in [-0.25, -0.2) is 0 Å². The first-order valence-electron chi connectivity index (χ1n) is 5.02. The van der Waals surface area contributed by atoms with Gasteiger partial charge in [0.15, 0.2) is 11.9 Å². The minimum atomic E-state index is -1.23. The van der Waals surface area contributed by atoms with Crippen LogP contribution in [0.15, 0.2) is 46.9 Å². The van der Waals surface area contributed by atoms with Crippen LogP contribution < -0.4 is 0 Å². The molecule has 16 heavy (non-hydrogen) atoms. The number of benzene rings is 1. The minimum Gasteiger partial charge on any atom is -0.463 e. The van der Waals surface area contributed by atoms with E-state index in [9.17, 15) is 9.90 Å². The molecule has 0 aliphatic rings. The molecule has 3 heteroatoms. The molecule has 0 spiro atoms. The molecule has 1 aromatic heterocycles. The Bertz CT molecular complexity index is 485. The molecule has 0 aliphatic heterocycles. The first kappa shape index (κ1) is 10.6. The van der Waals surface area contributed by atoms with Crippen molar-refractivity contribution in [2.24, 2.45) is 0 Å². The molecule has 1 heterocycles. The van der Waals surface area contributed by atoms with Gasteiger partial charge in [-0.05, 0) is 19.1 Å². The van der Waals surface area contributed by atoms with Crippen LogP contribution in [0, 0.1) is 6.92 Å². The van der Waals surface area contributed by atoms with Crippen molar-refractivity contribution in [3.05, 3.63) is 59.5 Å². The smallest absolute Gasteiger partial charge is 0.199 e. The predicted octanol–water partition coefficient (Wildman–Crippen LogP) is 2.50. The normalized spacial score (nSPS) is 12.4. The van der Waals surface area contributed by atoms with Crippen molar-refractivity contribution in [2.45, 2.75) is 13.0 Å². The Balaban J connectivity index is 2.23. The van der Waals surface area contributed by atoms with E-state index in [4.69, 9.17) is 4.42 Å². The number of ketones is 1. The third kappa shape index (κ3) is 2.04. The SMILES string of the molecule is Cc1ccc(C(O)C(=O)c2ccccc2)o1. The molecule has 0 aliphatic carbocycles. The lowest BCUT2D eigenvalue weighted by Crippen LogP contribution is -2.11. The number of carbonyl (C=O) groups excluding carboxylic acids is 1. The Morgan fingerprint density at radius 1 is 1.19 bits per heavy atom. The third-order valence-corrected chi connectivity index (χ3v) is 2.34.